The lowest BCUT2D eigenvalue weighted by Crippen LogP contribution is -2.44. The Hall–Kier alpha value is -5.82. The first-order valence-corrected chi connectivity index (χ1v) is 27.7. The summed E-state index contributed by atoms with van der Waals surface area (Å²) in [7, 11) is -17.3. The average molecular weight is 991 g/mol. The van der Waals surface area contributed by atoms with Gasteiger partial charge in [-0.2, -0.15) is 18.1 Å². The second-order valence-corrected chi connectivity index (χ2v) is 24.0. The molecule has 354 valence electrons. The second-order valence-electron chi connectivity index (χ2n) is 16.7. The van der Waals surface area contributed by atoms with Crippen LogP contribution >= 0.6 is 0 Å². The van der Waals surface area contributed by atoms with E-state index in [1.165, 1.54) is 48.5 Å². The molecule has 0 saturated carbocycles. The number of benzene rings is 7. The van der Waals surface area contributed by atoms with E-state index in [0.29, 0.717) is 11.1 Å². The molecular weight excluding hydrogens is 937 g/mol. The average Bonchev–Trinajstić information content (AvgIpc) is 3.32. The molecule has 0 radical (unpaired) electrons. The summed E-state index contributed by atoms with van der Waals surface area (Å²) in [5.41, 5.74) is 5.87. The fourth-order valence-electron chi connectivity index (χ4n) is 7.70. The van der Waals surface area contributed by atoms with E-state index in [4.69, 9.17) is 0 Å². The molecule has 2 atom stereocenters. The third-order valence-corrected chi connectivity index (χ3v) is 18.2. The van der Waals surface area contributed by atoms with Gasteiger partial charge in [0, 0.05) is 0 Å². The number of hydrogen-bond acceptors (Lipinski definition) is 8. The van der Waals surface area contributed by atoms with Crippen molar-refractivity contribution in [2.45, 2.75) is 72.2 Å². The maximum absolute atomic E-state index is 14.9. The minimum atomic E-state index is -4.42. The predicted molar refractivity (Wildman–Crippen MR) is 265 cm³/mol. The zero-order chi connectivity index (χ0) is 48.7. The number of sulfonamides is 4. The molecule has 0 aliphatic heterocycles. The monoisotopic (exact) mass is 990 g/mol. The third kappa shape index (κ3) is 12.1. The molecule has 0 saturated heterocycles. The smallest absolute Gasteiger partial charge is 0.207 e. The van der Waals surface area contributed by atoms with Crippen LogP contribution in [0.5, 0.6) is 0 Å². The highest BCUT2D eigenvalue weighted by molar-refractivity contribution is 7.90. The first-order valence-electron chi connectivity index (χ1n) is 21.8. The van der Waals surface area contributed by atoms with Gasteiger partial charge in [0.2, 0.25) is 40.1 Å². The van der Waals surface area contributed by atoms with Crippen LogP contribution in [0.4, 0.5) is 0 Å². The van der Waals surface area contributed by atoms with Crippen molar-refractivity contribution < 1.29 is 33.7 Å². The molecule has 7 aromatic carbocycles. The quantitative estimate of drug-likeness (QED) is 0.0716. The third-order valence-electron chi connectivity index (χ3n) is 11.7. The van der Waals surface area contributed by atoms with Crippen LogP contribution in [0.25, 0.3) is 0 Å². The SMILES string of the molecule is Cc1ccc(S(=O)(=O)NCN(C(Cc2ccccc2)c2ccc(C(Cc3ccccc3)N(CNS(=O)(=O)c3ccc(C)cc3)S(=O)(=O)c3ccc(C)cc3)cc2)S(=O)(=O)c2ccc(C)cc2)cc1. The zero-order valence-corrected chi connectivity index (χ0v) is 41.4. The van der Waals surface area contributed by atoms with Gasteiger partial charge in [0.25, 0.3) is 0 Å². The molecule has 0 heterocycles. The minimum absolute atomic E-state index is 0.0319. The van der Waals surface area contributed by atoms with Crippen molar-refractivity contribution in [3.8, 4) is 0 Å². The number of nitrogens with one attached hydrogen (secondary N) is 2. The Kier molecular flexibility index (Phi) is 15.6. The van der Waals surface area contributed by atoms with Gasteiger partial charge in [-0.15, -0.1) is 0 Å². The van der Waals surface area contributed by atoms with Gasteiger partial charge in [-0.3, -0.25) is 0 Å². The zero-order valence-electron chi connectivity index (χ0n) is 38.1. The van der Waals surface area contributed by atoms with Gasteiger partial charge in [0.15, 0.2) is 0 Å². The van der Waals surface area contributed by atoms with Crippen molar-refractivity contribution in [1.82, 2.24) is 18.1 Å². The molecule has 16 heteroatoms. The molecule has 0 bridgehead atoms. The lowest BCUT2D eigenvalue weighted by Gasteiger charge is -2.33. The number of hydrogen-bond donors (Lipinski definition) is 2. The van der Waals surface area contributed by atoms with E-state index in [1.807, 2.05) is 88.4 Å². The normalized spacial score (nSPS) is 13.4. The first kappa shape index (κ1) is 50.1. The molecule has 12 nitrogen and oxygen atoms in total. The van der Waals surface area contributed by atoms with Gasteiger partial charge < -0.3 is 0 Å². The van der Waals surface area contributed by atoms with Crippen molar-refractivity contribution in [2.24, 2.45) is 0 Å². The Morgan fingerprint density at radius 1 is 0.353 bits per heavy atom. The van der Waals surface area contributed by atoms with Crippen molar-refractivity contribution in [2.75, 3.05) is 13.3 Å². The van der Waals surface area contributed by atoms with Crippen LogP contribution in [0.1, 0.15) is 56.6 Å². The van der Waals surface area contributed by atoms with Gasteiger partial charge in [0.05, 0.1) is 45.0 Å². The van der Waals surface area contributed by atoms with E-state index in [9.17, 15) is 33.7 Å². The summed E-state index contributed by atoms with van der Waals surface area (Å²) >= 11 is 0. The summed E-state index contributed by atoms with van der Waals surface area (Å²) in [6.07, 6.45) is 0.249. The molecule has 0 fully saturated rings. The summed E-state index contributed by atoms with van der Waals surface area (Å²) in [6, 6.07) is 48.4. The van der Waals surface area contributed by atoms with Crippen LogP contribution in [0.3, 0.4) is 0 Å². The Labute approximate surface area is 401 Å². The molecule has 0 aromatic heterocycles. The Bertz CT molecular complexity index is 3030. The Balaban J connectivity index is 1.35. The van der Waals surface area contributed by atoms with Crippen LogP contribution in [-0.4, -0.2) is 55.6 Å². The van der Waals surface area contributed by atoms with E-state index < -0.39 is 65.5 Å². The molecule has 0 amide bonds. The molecule has 0 spiro atoms. The van der Waals surface area contributed by atoms with Gasteiger partial charge in [-0.25, -0.2) is 33.7 Å². The van der Waals surface area contributed by atoms with Crippen LogP contribution < -0.4 is 9.44 Å². The molecule has 2 unspecified atom stereocenters. The van der Waals surface area contributed by atoms with E-state index >= 15 is 0 Å². The summed E-state index contributed by atoms with van der Waals surface area (Å²) in [5.74, 6) is 0. The molecule has 2 N–H and O–H groups in total. The first-order chi connectivity index (χ1) is 32.3. The summed E-state index contributed by atoms with van der Waals surface area (Å²) in [5, 5.41) is 0. The van der Waals surface area contributed by atoms with Crippen molar-refractivity contribution in [3.05, 3.63) is 226 Å². The lowest BCUT2D eigenvalue weighted by atomic mass is 9.94. The highest BCUT2D eigenvalue weighted by atomic mass is 32.2. The molecule has 7 aromatic rings. The minimum Gasteiger partial charge on any atom is -0.207 e. The molecule has 7 rings (SSSR count). The fourth-order valence-corrected chi connectivity index (χ4v) is 12.8. The van der Waals surface area contributed by atoms with Gasteiger partial charge in [-0.05, 0) is 111 Å². The van der Waals surface area contributed by atoms with Gasteiger partial charge in [-0.1, -0.05) is 156 Å². The largest absolute Gasteiger partial charge is 0.244 e. The fraction of sp³-hybridized carbons (Fsp3) is 0.192. The van der Waals surface area contributed by atoms with Crippen LogP contribution in [0.2, 0.25) is 0 Å². The standard InChI is InChI=1S/C52H54N4O8S4/c1-39-15-27-47(28-16-39)65(57,58)53-37-55(67(61,62)49-31-19-41(3)20-32-49)51(35-43-11-7-5-8-12-43)45-23-25-46(26-24-45)52(36-44-13-9-6-10-14-44)56(68(63,64)50-33-21-42(4)22-34-50)38-54-66(59,60)48-29-17-40(2)18-30-48/h5-34,51-54H,35-38H2,1-4H3. The Morgan fingerprint density at radius 3 is 0.897 bits per heavy atom. The highest BCUT2D eigenvalue weighted by Crippen LogP contribution is 2.35. The lowest BCUT2D eigenvalue weighted by molar-refractivity contribution is 0.313. The maximum atomic E-state index is 14.9. The number of aryl methyl sites for hydroxylation is 4. The number of nitrogens with zero attached hydrogens (tertiary/aromatic N) is 2. The van der Waals surface area contributed by atoms with Crippen molar-refractivity contribution in [3.63, 3.8) is 0 Å². The topological polar surface area (TPSA) is 167 Å². The molecule has 0 aliphatic rings. The van der Waals surface area contributed by atoms with Crippen LogP contribution in [-0.2, 0) is 52.9 Å². The molecular formula is C52H54N4O8S4. The van der Waals surface area contributed by atoms with Crippen LogP contribution in [0.15, 0.2) is 202 Å². The number of rotatable bonds is 20. The Morgan fingerprint density at radius 2 is 0.618 bits per heavy atom. The van der Waals surface area contributed by atoms with E-state index in [-0.39, 0.29) is 32.4 Å². The van der Waals surface area contributed by atoms with Crippen molar-refractivity contribution in [1.29, 1.82) is 0 Å². The highest BCUT2D eigenvalue weighted by Gasteiger charge is 2.37. The second kappa shape index (κ2) is 21.2. The summed E-state index contributed by atoms with van der Waals surface area (Å²) in [4.78, 5) is -0.147. The predicted octanol–water partition coefficient (Wildman–Crippen LogP) is 8.74. The molecule has 68 heavy (non-hydrogen) atoms. The van der Waals surface area contributed by atoms with E-state index in [0.717, 1.165) is 42.0 Å². The van der Waals surface area contributed by atoms with Gasteiger partial charge >= 0.3 is 0 Å². The van der Waals surface area contributed by atoms with Crippen LogP contribution in [0, 0.1) is 27.7 Å². The molecule has 0 aliphatic carbocycles. The maximum Gasteiger partial charge on any atom is 0.244 e. The summed E-state index contributed by atoms with van der Waals surface area (Å²) < 4.78 is 122. The van der Waals surface area contributed by atoms with Crippen molar-refractivity contribution >= 4 is 40.1 Å². The summed E-state index contributed by atoms with van der Waals surface area (Å²) in [6.45, 7) is 6.06. The van der Waals surface area contributed by atoms with E-state index in [1.54, 1.807) is 72.8 Å². The van der Waals surface area contributed by atoms with Gasteiger partial charge in [0.1, 0.15) is 0 Å². The van der Waals surface area contributed by atoms with E-state index in [2.05, 4.69) is 9.44 Å².